The molecule has 2 heterocycles. The van der Waals surface area contributed by atoms with Crippen molar-refractivity contribution in [2.24, 2.45) is 11.8 Å². The number of amides is 1. The van der Waals surface area contributed by atoms with E-state index in [1.165, 1.54) is 0 Å². The predicted molar refractivity (Wildman–Crippen MR) is 92.7 cm³/mol. The number of terminal acetylenes is 1. The molecular formula is C19H27N3O. The lowest BCUT2D eigenvalue weighted by Crippen LogP contribution is -2.42. The molecule has 1 aromatic rings. The molecule has 1 aromatic heterocycles. The van der Waals surface area contributed by atoms with Gasteiger partial charge in [0.2, 0.25) is 5.91 Å². The van der Waals surface area contributed by atoms with Crippen molar-refractivity contribution < 1.29 is 4.79 Å². The zero-order chi connectivity index (χ0) is 16.8. The number of nitrogens with zero attached hydrogens (tertiary/aromatic N) is 2. The number of piperidine rings is 1. The number of likely N-dealkylation sites (tertiary alicyclic amines) is 1. The van der Waals surface area contributed by atoms with Gasteiger partial charge in [-0.3, -0.25) is 14.7 Å². The van der Waals surface area contributed by atoms with Crippen molar-refractivity contribution >= 4 is 5.91 Å². The summed E-state index contributed by atoms with van der Waals surface area (Å²) < 4.78 is 0. The smallest absolute Gasteiger partial charge is 0.223 e. The van der Waals surface area contributed by atoms with E-state index in [0.717, 1.165) is 37.2 Å². The Balaban J connectivity index is 2.00. The van der Waals surface area contributed by atoms with Crippen LogP contribution in [0.2, 0.25) is 0 Å². The Bertz CT molecular complexity index is 568. The van der Waals surface area contributed by atoms with Crippen LogP contribution in [0.4, 0.5) is 0 Å². The molecule has 1 atom stereocenters. The summed E-state index contributed by atoms with van der Waals surface area (Å²) in [7, 11) is 0. The number of pyridine rings is 1. The van der Waals surface area contributed by atoms with Crippen LogP contribution in [0.3, 0.4) is 0 Å². The van der Waals surface area contributed by atoms with E-state index in [-0.39, 0.29) is 17.9 Å². The Morgan fingerprint density at radius 2 is 2.17 bits per heavy atom. The number of rotatable bonds is 5. The van der Waals surface area contributed by atoms with Gasteiger partial charge in [-0.25, -0.2) is 0 Å². The van der Waals surface area contributed by atoms with Gasteiger partial charge >= 0.3 is 0 Å². The summed E-state index contributed by atoms with van der Waals surface area (Å²) >= 11 is 0. The molecule has 1 fully saturated rings. The minimum atomic E-state index is -0.0348. The van der Waals surface area contributed by atoms with Crippen molar-refractivity contribution in [1.29, 1.82) is 0 Å². The van der Waals surface area contributed by atoms with Crippen LogP contribution >= 0.6 is 0 Å². The van der Waals surface area contributed by atoms with E-state index in [1.807, 2.05) is 19.1 Å². The van der Waals surface area contributed by atoms with E-state index in [9.17, 15) is 4.79 Å². The topological polar surface area (TPSA) is 45.2 Å². The Kier molecular flexibility index (Phi) is 6.18. The molecule has 0 aromatic carbocycles. The molecule has 23 heavy (non-hydrogen) atoms. The van der Waals surface area contributed by atoms with E-state index >= 15 is 0 Å². The maximum Gasteiger partial charge on any atom is 0.223 e. The second-order valence-electron chi connectivity index (χ2n) is 6.69. The maximum absolute atomic E-state index is 12.7. The Morgan fingerprint density at radius 1 is 1.48 bits per heavy atom. The van der Waals surface area contributed by atoms with Gasteiger partial charge in [-0.1, -0.05) is 25.8 Å². The lowest BCUT2D eigenvalue weighted by Gasteiger charge is -2.31. The van der Waals surface area contributed by atoms with Gasteiger partial charge in [0.1, 0.15) is 0 Å². The van der Waals surface area contributed by atoms with Gasteiger partial charge in [0.15, 0.2) is 0 Å². The van der Waals surface area contributed by atoms with Crippen molar-refractivity contribution in [1.82, 2.24) is 15.2 Å². The second-order valence-corrected chi connectivity index (χ2v) is 6.69. The third-order valence-corrected chi connectivity index (χ3v) is 4.58. The van der Waals surface area contributed by atoms with Crippen molar-refractivity contribution in [2.45, 2.75) is 39.7 Å². The van der Waals surface area contributed by atoms with Crippen LogP contribution in [-0.2, 0) is 4.79 Å². The zero-order valence-electron chi connectivity index (χ0n) is 14.4. The highest BCUT2D eigenvalue weighted by atomic mass is 16.2. The van der Waals surface area contributed by atoms with Crippen LogP contribution in [0.1, 0.15) is 44.0 Å². The molecule has 0 radical (unpaired) electrons. The summed E-state index contributed by atoms with van der Waals surface area (Å²) in [6.07, 6.45) is 8.90. The Labute approximate surface area is 139 Å². The van der Waals surface area contributed by atoms with E-state index in [0.29, 0.717) is 12.5 Å². The summed E-state index contributed by atoms with van der Waals surface area (Å²) in [5.41, 5.74) is 2.09. The summed E-state index contributed by atoms with van der Waals surface area (Å²) in [5, 5.41) is 3.23. The highest BCUT2D eigenvalue weighted by molar-refractivity contribution is 5.79. The molecule has 1 amide bonds. The van der Waals surface area contributed by atoms with E-state index < -0.39 is 0 Å². The van der Waals surface area contributed by atoms with Crippen molar-refractivity contribution in [2.75, 3.05) is 19.6 Å². The van der Waals surface area contributed by atoms with Crippen LogP contribution in [0.25, 0.3) is 0 Å². The largest absolute Gasteiger partial charge is 0.347 e. The third-order valence-electron chi connectivity index (χ3n) is 4.58. The molecule has 2 rings (SSSR count). The van der Waals surface area contributed by atoms with Gasteiger partial charge in [-0.15, -0.1) is 6.42 Å². The van der Waals surface area contributed by atoms with Crippen LogP contribution in [-0.4, -0.2) is 35.4 Å². The molecule has 124 valence electrons. The summed E-state index contributed by atoms with van der Waals surface area (Å²) in [5.74, 6) is 3.20. The van der Waals surface area contributed by atoms with Crippen molar-refractivity contribution in [3.8, 4) is 12.3 Å². The monoisotopic (exact) mass is 313 g/mol. The summed E-state index contributed by atoms with van der Waals surface area (Å²) in [6.45, 7) is 8.76. The lowest BCUT2D eigenvalue weighted by atomic mass is 9.93. The van der Waals surface area contributed by atoms with Gasteiger partial charge in [-0.2, -0.15) is 0 Å². The number of aromatic nitrogens is 1. The summed E-state index contributed by atoms with van der Waals surface area (Å²) in [6, 6.07) is 3.94. The minimum absolute atomic E-state index is 0.0348. The highest BCUT2D eigenvalue weighted by Gasteiger charge is 2.28. The number of hydrogen-bond donors (Lipinski definition) is 1. The van der Waals surface area contributed by atoms with Crippen LogP contribution in [0, 0.1) is 31.1 Å². The fourth-order valence-electron chi connectivity index (χ4n) is 3.13. The van der Waals surface area contributed by atoms with Crippen molar-refractivity contribution in [3.63, 3.8) is 0 Å². The van der Waals surface area contributed by atoms with E-state index in [4.69, 9.17) is 6.42 Å². The lowest BCUT2D eigenvalue weighted by molar-refractivity contribution is -0.127. The molecule has 1 unspecified atom stereocenters. The number of carbonyl (C=O) groups excluding carboxylic acids is 1. The number of aryl methyl sites for hydroxylation is 1. The third kappa shape index (κ3) is 4.56. The zero-order valence-corrected chi connectivity index (χ0v) is 14.4. The minimum Gasteiger partial charge on any atom is -0.347 e. The average Bonchev–Trinajstić information content (AvgIpc) is 2.54. The highest BCUT2D eigenvalue weighted by Crippen LogP contribution is 2.25. The van der Waals surface area contributed by atoms with E-state index in [1.54, 1.807) is 6.20 Å². The molecule has 0 aliphatic carbocycles. The molecule has 1 N–H and O–H groups in total. The Morgan fingerprint density at radius 3 is 2.74 bits per heavy atom. The van der Waals surface area contributed by atoms with Crippen molar-refractivity contribution in [3.05, 3.63) is 29.6 Å². The number of hydrogen-bond acceptors (Lipinski definition) is 3. The molecule has 1 aliphatic rings. The first-order valence-corrected chi connectivity index (χ1v) is 8.40. The van der Waals surface area contributed by atoms with Crippen LogP contribution in [0.5, 0.6) is 0 Å². The number of carbonyl (C=O) groups is 1. The molecule has 4 nitrogen and oxygen atoms in total. The van der Waals surface area contributed by atoms with Crippen LogP contribution in [0.15, 0.2) is 18.3 Å². The van der Waals surface area contributed by atoms with Gasteiger partial charge < -0.3 is 5.32 Å². The molecule has 0 saturated carbocycles. The molecule has 0 bridgehead atoms. The Hall–Kier alpha value is -1.86. The molecule has 1 aliphatic heterocycles. The fraction of sp³-hybridized carbons (Fsp3) is 0.579. The van der Waals surface area contributed by atoms with Gasteiger partial charge in [-0.05, 0) is 50.4 Å². The first-order valence-electron chi connectivity index (χ1n) is 8.40. The molecule has 4 heteroatoms. The maximum atomic E-state index is 12.7. The van der Waals surface area contributed by atoms with Gasteiger partial charge in [0, 0.05) is 12.1 Å². The molecule has 0 spiro atoms. The molecular weight excluding hydrogens is 286 g/mol. The normalized spacial score (nSPS) is 17.7. The average molecular weight is 313 g/mol. The SMILES string of the molecule is C#CCN1CCC(C(=O)NC(c2ncccc2C)C(C)C)CC1. The molecule has 1 saturated heterocycles. The fourth-order valence-corrected chi connectivity index (χ4v) is 3.13. The first kappa shape index (κ1) is 17.5. The number of nitrogens with one attached hydrogen (secondary N) is 1. The second kappa shape index (κ2) is 8.12. The predicted octanol–water partition coefficient (Wildman–Crippen LogP) is 2.55. The summed E-state index contributed by atoms with van der Waals surface area (Å²) in [4.78, 5) is 19.4. The van der Waals surface area contributed by atoms with Crippen LogP contribution < -0.4 is 5.32 Å². The van der Waals surface area contributed by atoms with Gasteiger partial charge in [0.25, 0.3) is 0 Å². The first-order chi connectivity index (χ1) is 11.0. The van der Waals surface area contributed by atoms with Gasteiger partial charge in [0.05, 0.1) is 18.3 Å². The quantitative estimate of drug-likeness (QED) is 0.850. The standard InChI is InChI=1S/C19H27N3O/c1-5-11-22-12-8-16(9-13-22)19(23)21-17(14(2)3)18-15(4)7-6-10-20-18/h1,6-7,10,14,16-17H,8-9,11-13H2,2-4H3,(H,21,23). The van der Waals surface area contributed by atoms with E-state index in [2.05, 4.69) is 35.0 Å².